The van der Waals surface area contributed by atoms with Crippen molar-refractivity contribution in [3.8, 4) is 0 Å². The maximum atomic E-state index is 12.9. The summed E-state index contributed by atoms with van der Waals surface area (Å²) >= 11 is 1.49. The SMILES string of the molecule is C=C(N=C1C=C(c2ccccc2)S/C1=C(/C)N1CCCCC1)C(F)(F)F. The first-order valence-corrected chi connectivity index (χ1v) is 9.44. The summed E-state index contributed by atoms with van der Waals surface area (Å²) in [6.45, 7) is 6.95. The van der Waals surface area contributed by atoms with Gasteiger partial charge >= 0.3 is 6.18 Å². The molecule has 2 aliphatic rings. The number of halogens is 3. The van der Waals surface area contributed by atoms with E-state index in [0.29, 0.717) is 5.71 Å². The van der Waals surface area contributed by atoms with Gasteiger partial charge in [0.05, 0.1) is 10.6 Å². The summed E-state index contributed by atoms with van der Waals surface area (Å²) in [6.07, 6.45) is 0.627. The summed E-state index contributed by atoms with van der Waals surface area (Å²) in [4.78, 5) is 7.78. The molecule has 0 spiro atoms. The van der Waals surface area contributed by atoms with Gasteiger partial charge in [-0.1, -0.05) is 48.7 Å². The highest BCUT2D eigenvalue weighted by molar-refractivity contribution is 8.13. The Balaban J connectivity index is 2.00. The lowest BCUT2D eigenvalue weighted by atomic mass is 10.1. The predicted octanol–water partition coefficient (Wildman–Crippen LogP) is 6.01. The maximum absolute atomic E-state index is 12.9. The van der Waals surface area contributed by atoms with E-state index >= 15 is 0 Å². The van der Waals surface area contributed by atoms with Gasteiger partial charge in [0.15, 0.2) is 0 Å². The van der Waals surface area contributed by atoms with Crippen LogP contribution < -0.4 is 0 Å². The second kappa shape index (κ2) is 7.74. The number of likely N-dealkylation sites (tertiary alicyclic amines) is 1. The van der Waals surface area contributed by atoms with Gasteiger partial charge in [-0.15, -0.1) is 0 Å². The molecule has 1 saturated heterocycles. The van der Waals surface area contributed by atoms with Crippen LogP contribution >= 0.6 is 11.8 Å². The molecule has 1 fully saturated rings. The monoisotopic (exact) mass is 378 g/mol. The third kappa shape index (κ3) is 4.23. The molecule has 6 heteroatoms. The largest absolute Gasteiger partial charge is 0.432 e. The number of rotatable bonds is 3. The summed E-state index contributed by atoms with van der Waals surface area (Å²) in [5.41, 5.74) is 1.25. The standard InChI is InChI=1S/C20H21F3N2S/c1-14(25-11-7-4-8-12-25)19-17(24-15(2)20(21,22)23)13-18(26-19)16-9-5-3-6-10-16/h3,5-6,9-10,13H,2,4,7-8,11-12H2,1H3/b19-14-,24-17?. The number of alkyl halides is 3. The van der Waals surface area contributed by atoms with E-state index in [2.05, 4.69) is 16.5 Å². The molecular formula is C20H21F3N2S. The van der Waals surface area contributed by atoms with Crippen molar-refractivity contribution in [1.29, 1.82) is 0 Å². The second-order valence-electron chi connectivity index (χ2n) is 6.38. The minimum atomic E-state index is -4.52. The third-order valence-corrected chi connectivity index (χ3v) is 5.79. The molecule has 2 heterocycles. The highest BCUT2D eigenvalue weighted by Gasteiger charge is 2.33. The molecule has 0 N–H and O–H groups in total. The summed E-state index contributed by atoms with van der Waals surface area (Å²) in [5.74, 6) is 0. The van der Waals surface area contributed by atoms with E-state index in [1.54, 1.807) is 6.08 Å². The molecule has 0 amide bonds. The van der Waals surface area contributed by atoms with Gasteiger partial charge in [-0.25, -0.2) is 4.99 Å². The van der Waals surface area contributed by atoms with E-state index in [-0.39, 0.29) is 0 Å². The fraction of sp³-hybridized carbons (Fsp3) is 0.350. The molecule has 0 saturated carbocycles. The van der Waals surface area contributed by atoms with Crippen LogP contribution in [0.25, 0.3) is 4.91 Å². The lowest BCUT2D eigenvalue weighted by Gasteiger charge is -2.30. The molecule has 0 unspecified atom stereocenters. The van der Waals surface area contributed by atoms with Crippen molar-refractivity contribution >= 4 is 22.4 Å². The molecule has 0 aromatic heterocycles. The first-order chi connectivity index (χ1) is 12.4. The van der Waals surface area contributed by atoms with Crippen LogP contribution in [-0.4, -0.2) is 29.9 Å². The third-order valence-electron chi connectivity index (χ3n) is 4.51. The normalized spacial score (nSPS) is 21.8. The predicted molar refractivity (Wildman–Crippen MR) is 103 cm³/mol. The van der Waals surface area contributed by atoms with Gasteiger partial charge in [0, 0.05) is 23.7 Å². The van der Waals surface area contributed by atoms with Crippen LogP contribution in [0, 0.1) is 0 Å². The van der Waals surface area contributed by atoms with Crippen molar-refractivity contribution in [3.63, 3.8) is 0 Å². The van der Waals surface area contributed by atoms with Crippen LogP contribution in [0.4, 0.5) is 13.2 Å². The fourth-order valence-corrected chi connectivity index (χ4v) is 4.18. The quantitative estimate of drug-likeness (QED) is 0.640. The van der Waals surface area contributed by atoms with Crippen molar-refractivity contribution in [1.82, 2.24) is 4.90 Å². The van der Waals surface area contributed by atoms with Crippen LogP contribution in [-0.2, 0) is 0 Å². The number of piperidine rings is 1. The van der Waals surface area contributed by atoms with Gasteiger partial charge in [0.1, 0.15) is 5.70 Å². The van der Waals surface area contributed by atoms with E-state index in [1.165, 1.54) is 18.2 Å². The van der Waals surface area contributed by atoms with Crippen LogP contribution in [0.1, 0.15) is 31.7 Å². The van der Waals surface area contributed by atoms with E-state index in [4.69, 9.17) is 0 Å². The molecule has 3 rings (SSSR count). The van der Waals surface area contributed by atoms with Gasteiger partial charge in [0.25, 0.3) is 0 Å². The summed E-state index contributed by atoms with van der Waals surface area (Å²) in [6, 6.07) is 9.66. The molecule has 0 aliphatic carbocycles. The molecule has 1 aromatic rings. The number of nitrogens with zero attached hydrogens (tertiary/aromatic N) is 2. The molecule has 0 atom stereocenters. The Hall–Kier alpha value is -1.95. The van der Waals surface area contributed by atoms with Crippen molar-refractivity contribution < 1.29 is 13.2 Å². The Morgan fingerprint density at radius 2 is 1.77 bits per heavy atom. The number of aliphatic imine (C=N–C) groups is 1. The Morgan fingerprint density at radius 1 is 1.12 bits per heavy atom. The van der Waals surface area contributed by atoms with E-state index in [0.717, 1.165) is 47.0 Å². The zero-order valence-corrected chi connectivity index (χ0v) is 15.5. The highest BCUT2D eigenvalue weighted by atomic mass is 32.2. The van der Waals surface area contributed by atoms with Crippen molar-refractivity contribution in [2.24, 2.45) is 4.99 Å². The number of thioether (sulfide) groups is 1. The van der Waals surface area contributed by atoms with Gasteiger partial charge in [-0.3, -0.25) is 0 Å². The minimum Gasteiger partial charge on any atom is -0.374 e. The molecular weight excluding hydrogens is 357 g/mol. The first-order valence-electron chi connectivity index (χ1n) is 8.62. The maximum Gasteiger partial charge on any atom is 0.432 e. The van der Waals surface area contributed by atoms with Gasteiger partial charge in [-0.2, -0.15) is 13.2 Å². The fourth-order valence-electron chi connectivity index (χ4n) is 3.05. The zero-order valence-electron chi connectivity index (χ0n) is 14.6. The first kappa shape index (κ1) is 18.8. The Kier molecular flexibility index (Phi) is 5.61. The van der Waals surface area contributed by atoms with Crippen LogP contribution in [0.15, 0.2) is 64.3 Å². The number of hydrogen-bond donors (Lipinski definition) is 0. The van der Waals surface area contributed by atoms with E-state index < -0.39 is 11.9 Å². The minimum absolute atomic E-state index is 0.347. The van der Waals surface area contributed by atoms with E-state index in [1.807, 2.05) is 37.3 Å². The number of benzene rings is 1. The van der Waals surface area contributed by atoms with Crippen molar-refractivity contribution in [2.45, 2.75) is 32.4 Å². The molecule has 0 radical (unpaired) electrons. The van der Waals surface area contributed by atoms with Crippen molar-refractivity contribution in [3.05, 3.63) is 64.8 Å². The molecule has 26 heavy (non-hydrogen) atoms. The Labute approximate surface area is 156 Å². The average molecular weight is 378 g/mol. The lowest BCUT2D eigenvalue weighted by Crippen LogP contribution is -2.29. The van der Waals surface area contributed by atoms with E-state index in [9.17, 15) is 13.2 Å². The highest BCUT2D eigenvalue weighted by Crippen LogP contribution is 2.43. The van der Waals surface area contributed by atoms with Crippen LogP contribution in [0.5, 0.6) is 0 Å². The smallest absolute Gasteiger partial charge is 0.374 e. The topological polar surface area (TPSA) is 15.6 Å². The van der Waals surface area contributed by atoms with Crippen LogP contribution in [0.3, 0.4) is 0 Å². The summed E-state index contributed by atoms with van der Waals surface area (Å²) in [7, 11) is 0. The van der Waals surface area contributed by atoms with Crippen LogP contribution in [0.2, 0.25) is 0 Å². The number of allylic oxidation sites excluding steroid dienone is 4. The summed E-state index contributed by atoms with van der Waals surface area (Å²) < 4.78 is 38.8. The number of hydrogen-bond acceptors (Lipinski definition) is 3. The van der Waals surface area contributed by atoms with Gasteiger partial charge in [0.2, 0.25) is 0 Å². The van der Waals surface area contributed by atoms with Crippen molar-refractivity contribution in [2.75, 3.05) is 13.1 Å². The lowest BCUT2D eigenvalue weighted by molar-refractivity contribution is -0.0918. The van der Waals surface area contributed by atoms with Gasteiger partial charge in [-0.05, 0) is 37.8 Å². The molecule has 138 valence electrons. The molecule has 2 nitrogen and oxygen atoms in total. The summed E-state index contributed by atoms with van der Waals surface area (Å²) in [5, 5.41) is 0. The molecule has 2 aliphatic heterocycles. The Morgan fingerprint density at radius 3 is 2.38 bits per heavy atom. The zero-order chi connectivity index (χ0) is 18.7. The molecule has 0 bridgehead atoms. The van der Waals surface area contributed by atoms with Gasteiger partial charge < -0.3 is 4.90 Å². The Bertz CT molecular complexity index is 770. The average Bonchev–Trinajstić information content (AvgIpc) is 3.05. The molecule has 1 aromatic carbocycles. The second-order valence-corrected chi connectivity index (χ2v) is 7.43.